The predicted octanol–water partition coefficient (Wildman–Crippen LogP) is 11.9. The van der Waals surface area contributed by atoms with Crippen LogP contribution in [0.1, 0.15) is 16.7 Å². The van der Waals surface area contributed by atoms with E-state index in [9.17, 15) is 0 Å². The Bertz CT molecular complexity index is 2750. The number of furan rings is 1. The van der Waals surface area contributed by atoms with Crippen LogP contribution in [0.3, 0.4) is 0 Å². The van der Waals surface area contributed by atoms with E-state index in [0.717, 1.165) is 55.4 Å². The van der Waals surface area contributed by atoms with Crippen molar-refractivity contribution >= 4 is 61.5 Å². The third kappa shape index (κ3) is 5.20. The van der Waals surface area contributed by atoms with Gasteiger partial charge in [0.1, 0.15) is 11.2 Å². The number of aliphatic imine (C=N–C) groups is 2. The summed E-state index contributed by atoms with van der Waals surface area (Å²) in [7, 11) is 0. The summed E-state index contributed by atoms with van der Waals surface area (Å²) in [5.74, 6) is 0.591. The lowest BCUT2D eigenvalue weighted by atomic mass is 9.99. The molecule has 4 heteroatoms. The second kappa shape index (κ2) is 12.3. The third-order valence-electron chi connectivity index (χ3n) is 9.25. The Kier molecular flexibility index (Phi) is 7.25. The van der Waals surface area contributed by atoms with E-state index in [1.807, 2.05) is 79.0 Å². The van der Waals surface area contributed by atoms with Crippen LogP contribution >= 0.6 is 0 Å². The van der Waals surface area contributed by atoms with Gasteiger partial charge in [0.05, 0.1) is 16.7 Å². The van der Waals surface area contributed by atoms with Gasteiger partial charge in [-0.2, -0.15) is 0 Å². The highest BCUT2D eigenvalue weighted by molar-refractivity contribution is 6.16. The van der Waals surface area contributed by atoms with Crippen LogP contribution in [0.5, 0.6) is 0 Å². The minimum atomic E-state index is 0.591. The minimum absolute atomic E-state index is 0.591. The maximum absolute atomic E-state index is 6.37. The zero-order valence-corrected chi connectivity index (χ0v) is 27.2. The van der Waals surface area contributed by atoms with Gasteiger partial charge in [0, 0.05) is 44.6 Å². The van der Waals surface area contributed by atoms with E-state index in [2.05, 4.69) is 108 Å². The van der Waals surface area contributed by atoms with E-state index in [0.29, 0.717) is 11.5 Å². The average Bonchev–Trinajstić information content (AvgIpc) is 3.73. The number of para-hydroxylation sites is 2. The van der Waals surface area contributed by atoms with Crippen molar-refractivity contribution < 1.29 is 4.42 Å². The van der Waals surface area contributed by atoms with Crippen molar-refractivity contribution in [3.8, 4) is 16.8 Å². The largest absolute Gasteiger partial charge is 0.456 e. The fourth-order valence-electron chi connectivity index (χ4n) is 6.86. The van der Waals surface area contributed by atoms with Crippen LogP contribution in [0.4, 0.5) is 0 Å². The summed E-state index contributed by atoms with van der Waals surface area (Å²) in [4.78, 5) is 9.84. The number of nitrogens with zero attached hydrogens (tertiary/aromatic N) is 3. The molecule has 0 amide bonds. The number of rotatable bonds is 6. The Morgan fingerprint density at radius 1 is 0.540 bits per heavy atom. The van der Waals surface area contributed by atoms with Crippen molar-refractivity contribution in [2.45, 2.75) is 0 Å². The molecule has 7 aromatic carbocycles. The highest BCUT2D eigenvalue weighted by Crippen LogP contribution is 2.37. The van der Waals surface area contributed by atoms with E-state index in [1.54, 1.807) is 0 Å². The summed E-state index contributed by atoms with van der Waals surface area (Å²) >= 11 is 0. The lowest BCUT2D eigenvalue weighted by Gasteiger charge is -2.08. The summed E-state index contributed by atoms with van der Waals surface area (Å²) in [6.45, 7) is 4.24. The molecule has 0 spiro atoms. The Morgan fingerprint density at radius 3 is 1.96 bits per heavy atom. The molecule has 0 bridgehead atoms. The molecule has 2 aromatic heterocycles. The molecular weight excluding hydrogens is 611 g/mol. The summed E-state index contributed by atoms with van der Waals surface area (Å²) in [5, 5.41) is 4.51. The molecule has 0 atom stereocenters. The zero-order valence-electron chi connectivity index (χ0n) is 27.2. The predicted molar refractivity (Wildman–Crippen MR) is 210 cm³/mol. The highest BCUT2D eigenvalue weighted by atomic mass is 16.3. The van der Waals surface area contributed by atoms with Gasteiger partial charge in [0.25, 0.3) is 0 Å². The number of benzene rings is 7. The van der Waals surface area contributed by atoms with Crippen LogP contribution in [0.15, 0.2) is 191 Å². The molecule has 50 heavy (non-hydrogen) atoms. The maximum atomic E-state index is 6.37. The van der Waals surface area contributed by atoms with Gasteiger partial charge in [-0.15, -0.1) is 0 Å². The summed E-state index contributed by atoms with van der Waals surface area (Å²) in [6, 6.07) is 58.5. The molecule has 9 rings (SSSR count). The lowest BCUT2D eigenvalue weighted by molar-refractivity contribution is 0.669. The van der Waals surface area contributed by atoms with Gasteiger partial charge in [-0.05, 0) is 65.2 Å². The molecule has 0 aliphatic rings. The molecule has 0 fully saturated rings. The number of fused-ring (bicyclic) bond motifs is 6. The molecule has 9 aromatic rings. The molecule has 0 saturated heterocycles. The van der Waals surface area contributed by atoms with Crippen molar-refractivity contribution in [1.29, 1.82) is 0 Å². The van der Waals surface area contributed by atoms with Crippen molar-refractivity contribution in [3.63, 3.8) is 0 Å². The molecular formula is C46H31N3O. The Hall–Kier alpha value is -6.78. The molecule has 236 valence electrons. The lowest BCUT2D eigenvalue weighted by Crippen LogP contribution is -1.99. The van der Waals surface area contributed by atoms with Gasteiger partial charge >= 0.3 is 0 Å². The molecule has 0 saturated carbocycles. The maximum Gasteiger partial charge on any atom is 0.159 e. The number of hydrogen-bond donors (Lipinski definition) is 0. The molecule has 4 nitrogen and oxygen atoms in total. The molecule has 0 aliphatic carbocycles. The first-order chi connectivity index (χ1) is 24.7. The van der Waals surface area contributed by atoms with Gasteiger partial charge in [-0.25, -0.2) is 9.98 Å². The van der Waals surface area contributed by atoms with Crippen LogP contribution in [-0.2, 0) is 0 Å². The van der Waals surface area contributed by atoms with Crippen molar-refractivity contribution in [3.05, 3.63) is 193 Å². The number of amidine groups is 1. The summed E-state index contributed by atoms with van der Waals surface area (Å²) < 4.78 is 8.71. The van der Waals surface area contributed by atoms with E-state index in [1.165, 1.54) is 21.8 Å². The van der Waals surface area contributed by atoms with Crippen LogP contribution in [0.2, 0.25) is 0 Å². The SMILES string of the molecule is C=C(N=C(N=Cc1cccc2oc3ccc(-c4ccc5c(c4)c4ccccc4n5-c4ccccc4)cc3c12)c1ccccc1)c1ccccc1. The smallest absolute Gasteiger partial charge is 0.159 e. The topological polar surface area (TPSA) is 42.8 Å². The zero-order chi connectivity index (χ0) is 33.4. The Morgan fingerprint density at radius 2 is 1.18 bits per heavy atom. The van der Waals surface area contributed by atoms with E-state index < -0.39 is 0 Å². The van der Waals surface area contributed by atoms with E-state index >= 15 is 0 Å². The van der Waals surface area contributed by atoms with Gasteiger partial charge in [0.2, 0.25) is 0 Å². The third-order valence-corrected chi connectivity index (χ3v) is 9.25. The minimum Gasteiger partial charge on any atom is -0.456 e. The highest BCUT2D eigenvalue weighted by Gasteiger charge is 2.15. The summed E-state index contributed by atoms with van der Waals surface area (Å²) in [5.41, 5.74) is 10.9. The van der Waals surface area contributed by atoms with Crippen LogP contribution in [-0.4, -0.2) is 16.6 Å². The number of hydrogen-bond acceptors (Lipinski definition) is 2. The van der Waals surface area contributed by atoms with Crippen LogP contribution in [0, 0.1) is 0 Å². The number of aromatic nitrogens is 1. The van der Waals surface area contributed by atoms with Gasteiger partial charge in [-0.3, -0.25) is 0 Å². The van der Waals surface area contributed by atoms with Crippen molar-refractivity contribution in [2.24, 2.45) is 9.98 Å². The van der Waals surface area contributed by atoms with Gasteiger partial charge in [-0.1, -0.05) is 128 Å². The molecule has 0 unspecified atom stereocenters. The standard InChI is InChI=1S/C46H31N3O/c1-31(32-14-5-2-6-15-32)48-46(33-16-7-3-8-17-33)47-30-36-18-13-23-44-45(36)40-29-35(25-27-43(40)50-44)34-24-26-42-39(28-34)38-21-11-12-22-41(38)49(42)37-19-9-4-10-20-37/h2-30H,1H2. The summed E-state index contributed by atoms with van der Waals surface area (Å²) in [6.07, 6.45) is 1.89. The Labute approximate surface area is 289 Å². The van der Waals surface area contributed by atoms with Crippen LogP contribution in [0.25, 0.3) is 66.3 Å². The Balaban J connectivity index is 1.15. The van der Waals surface area contributed by atoms with Gasteiger partial charge < -0.3 is 8.98 Å². The second-order valence-corrected chi connectivity index (χ2v) is 12.3. The average molecular weight is 642 g/mol. The quantitative estimate of drug-likeness (QED) is 0.132. The van der Waals surface area contributed by atoms with Gasteiger partial charge in [0.15, 0.2) is 5.84 Å². The molecule has 0 aliphatic heterocycles. The first kappa shape index (κ1) is 29.4. The normalized spacial score (nSPS) is 12.1. The van der Waals surface area contributed by atoms with E-state index in [4.69, 9.17) is 14.4 Å². The first-order valence-corrected chi connectivity index (χ1v) is 16.7. The van der Waals surface area contributed by atoms with E-state index in [-0.39, 0.29) is 0 Å². The fourth-order valence-corrected chi connectivity index (χ4v) is 6.86. The molecule has 2 heterocycles. The first-order valence-electron chi connectivity index (χ1n) is 16.7. The van der Waals surface area contributed by atoms with Crippen molar-refractivity contribution in [2.75, 3.05) is 0 Å². The fraction of sp³-hybridized carbons (Fsp3) is 0. The van der Waals surface area contributed by atoms with Crippen LogP contribution < -0.4 is 0 Å². The monoisotopic (exact) mass is 641 g/mol. The molecule has 0 radical (unpaired) electrons. The second-order valence-electron chi connectivity index (χ2n) is 12.3. The molecule has 0 N–H and O–H groups in total. The van der Waals surface area contributed by atoms with Crippen molar-refractivity contribution in [1.82, 2.24) is 4.57 Å².